The molecule has 7 heteroatoms. The molecule has 2 rings (SSSR count). The summed E-state index contributed by atoms with van der Waals surface area (Å²) in [5, 5.41) is 5.59. The summed E-state index contributed by atoms with van der Waals surface area (Å²) in [6.45, 7) is 3.03. The van der Waals surface area contributed by atoms with Gasteiger partial charge in [0.2, 0.25) is 5.91 Å². The lowest BCUT2D eigenvalue weighted by atomic mass is 10.1. The van der Waals surface area contributed by atoms with E-state index in [-0.39, 0.29) is 22.7 Å². The molecule has 1 heterocycles. The predicted octanol–water partition coefficient (Wildman–Crippen LogP) is 0.160. The van der Waals surface area contributed by atoms with E-state index >= 15 is 0 Å². The normalized spacial score (nSPS) is 18.6. The van der Waals surface area contributed by atoms with Crippen molar-refractivity contribution in [2.45, 2.75) is 13.0 Å². The maximum atomic E-state index is 13.7. The van der Waals surface area contributed by atoms with Gasteiger partial charge in [-0.1, -0.05) is 0 Å². The number of primary amides is 1. The molecule has 1 aliphatic rings. The lowest BCUT2D eigenvalue weighted by Crippen LogP contribution is -2.45. The van der Waals surface area contributed by atoms with Crippen molar-refractivity contribution < 1.29 is 18.7 Å². The maximum absolute atomic E-state index is 13.7. The van der Waals surface area contributed by atoms with Crippen LogP contribution >= 0.6 is 0 Å². The largest absolute Gasteiger partial charge is 0.366 e. The number of morpholine rings is 1. The van der Waals surface area contributed by atoms with Crippen molar-refractivity contribution in [1.29, 1.82) is 0 Å². The lowest BCUT2D eigenvalue weighted by Gasteiger charge is -2.23. The number of hydrogen-bond acceptors (Lipinski definition) is 4. The number of hydrogen-bond donors (Lipinski definition) is 3. The molecule has 1 unspecified atom stereocenters. The molecule has 6 nitrogen and oxygen atoms in total. The molecule has 1 saturated heterocycles. The Bertz CT molecular complexity index is 542. The molecule has 4 N–H and O–H groups in total. The summed E-state index contributed by atoms with van der Waals surface area (Å²) >= 11 is 0. The predicted molar refractivity (Wildman–Crippen MR) is 70.9 cm³/mol. The van der Waals surface area contributed by atoms with Gasteiger partial charge in [0, 0.05) is 29.9 Å². The quantitative estimate of drug-likeness (QED) is 0.735. The lowest BCUT2D eigenvalue weighted by molar-refractivity contribution is -0.128. The van der Waals surface area contributed by atoms with E-state index in [1.165, 1.54) is 13.0 Å². The minimum atomic E-state index is -0.755. The van der Waals surface area contributed by atoms with E-state index < -0.39 is 17.8 Å². The van der Waals surface area contributed by atoms with Gasteiger partial charge >= 0.3 is 0 Å². The highest BCUT2D eigenvalue weighted by Crippen LogP contribution is 2.21. The fourth-order valence-electron chi connectivity index (χ4n) is 1.90. The van der Waals surface area contributed by atoms with Gasteiger partial charge in [-0.3, -0.25) is 9.59 Å². The zero-order chi connectivity index (χ0) is 14.7. The van der Waals surface area contributed by atoms with Crippen LogP contribution in [0.3, 0.4) is 0 Å². The standard InChI is InChI=1S/C13H16FN3O3/c1-7-9(14)4-8(12(15)18)5-10(7)17-13(19)11-6-16-2-3-20-11/h4-5,11,16H,2-3,6H2,1H3,(H2,15,18)(H,17,19). The molecular weight excluding hydrogens is 265 g/mol. The molecule has 0 aliphatic carbocycles. The van der Waals surface area contributed by atoms with Crippen molar-refractivity contribution in [3.8, 4) is 0 Å². The third-order valence-corrected chi connectivity index (χ3v) is 3.11. The molecule has 2 amide bonds. The molecular formula is C13H16FN3O3. The van der Waals surface area contributed by atoms with E-state index in [0.717, 1.165) is 6.07 Å². The van der Waals surface area contributed by atoms with E-state index in [1.54, 1.807) is 0 Å². The summed E-state index contributed by atoms with van der Waals surface area (Å²) in [5.41, 5.74) is 5.59. The van der Waals surface area contributed by atoms with Crippen molar-refractivity contribution in [3.63, 3.8) is 0 Å². The van der Waals surface area contributed by atoms with E-state index in [9.17, 15) is 14.0 Å². The molecule has 0 bridgehead atoms. The summed E-state index contributed by atoms with van der Waals surface area (Å²) in [6, 6.07) is 2.40. The van der Waals surface area contributed by atoms with Crippen LogP contribution < -0.4 is 16.4 Å². The highest BCUT2D eigenvalue weighted by molar-refractivity contribution is 5.98. The Balaban J connectivity index is 2.19. The first-order valence-electron chi connectivity index (χ1n) is 6.22. The highest BCUT2D eigenvalue weighted by Gasteiger charge is 2.23. The van der Waals surface area contributed by atoms with Crippen molar-refractivity contribution >= 4 is 17.5 Å². The number of anilines is 1. The van der Waals surface area contributed by atoms with Crippen LogP contribution in [0.4, 0.5) is 10.1 Å². The van der Waals surface area contributed by atoms with E-state index in [2.05, 4.69) is 10.6 Å². The smallest absolute Gasteiger partial charge is 0.254 e. The molecule has 1 aromatic rings. The van der Waals surface area contributed by atoms with Gasteiger partial charge in [-0.2, -0.15) is 0 Å². The zero-order valence-corrected chi connectivity index (χ0v) is 11.0. The fraction of sp³-hybridized carbons (Fsp3) is 0.385. The van der Waals surface area contributed by atoms with E-state index in [1.807, 2.05) is 0 Å². The molecule has 0 saturated carbocycles. The first kappa shape index (κ1) is 14.4. The van der Waals surface area contributed by atoms with Crippen LogP contribution in [0, 0.1) is 12.7 Å². The number of benzene rings is 1. The summed E-state index contributed by atoms with van der Waals surface area (Å²) in [6.07, 6.45) is -0.636. The summed E-state index contributed by atoms with van der Waals surface area (Å²) in [5.74, 6) is -1.74. The van der Waals surface area contributed by atoms with Gasteiger partial charge in [0.15, 0.2) is 0 Å². The Morgan fingerprint density at radius 1 is 1.50 bits per heavy atom. The van der Waals surface area contributed by atoms with Gasteiger partial charge in [0.25, 0.3) is 5.91 Å². The Labute approximate surface area is 115 Å². The number of rotatable bonds is 3. The summed E-state index contributed by atoms with van der Waals surface area (Å²) < 4.78 is 19.0. The molecule has 108 valence electrons. The SMILES string of the molecule is Cc1c(F)cc(C(N)=O)cc1NC(=O)C1CNCCO1. The third-order valence-electron chi connectivity index (χ3n) is 3.11. The van der Waals surface area contributed by atoms with Crippen LogP contribution in [0.1, 0.15) is 15.9 Å². The number of amides is 2. The van der Waals surface area contributed by atoms with Gasteiger partial charge in [0.05, 0.1) is 6.61 Å². The van der Waals surface area contributed by atoms with Crippen LogP contribution in [-0.4, -0.2) is 37.6 Å². The van der Waals surface area contributed by atoms with E-state index in [0.29, 0.717) is 19.7 Å². The van der Waals surface area contributed by atoms with Gasteiger partial charge in [-0.05, 0) is 19.1 Å². The molecule has 20 heavy (non-hydrogen) atoms. The van der Waals surface area contributed by atoms with Crippen LogP contribution in [0.15, 0.2) is 12.1 Å². The second-order valence-corrected chi connectivity index (χ2v) is 4.55. The second-order valence-electron chi connectivity index (χ2n) is 4.55. The van der Waals surface area contributed by atoms with Crippen LogP contribution in [0.25, 0.3) is 0 Å². The molecule has 1 fully saturated rings. The number of halogens is 1. The minimum absolute atomic E-state index is 0.00564. The highest BCUT2D eigenvalue weighted by atomic mass is 19.1. The number of nitrogens with one attached hydrogen (secondary N) is 2. The van der Waals surface area contributed by atoms with Crippen LogP contribution in [-0.2, 0) is 9.53 Å². The average molecular weight is 281 g/mol. The second kappa shape index (κ2) is 5.98. The Kier molecular flexibility index (Phi) is 4.31. The molecule has 0 spiro atoms. The number of carbonyl (C=O) groups excluding carboxylic acids is 2. The fourth-order valence-corrected chi connectivity index (χ4v) is 1.90. The Morgan fingerprint density at radius 3 is 2.85 bits per heavy atom. The molecule has 1 aliphatic heterocycles. The maximum Gasteiger partial charge on any atom is 0.254 e. The van der Waals surface area contributed by atoms with Crippen LogP contribution in [0.2, 0.25) is 0 Å². The molecule has 1 atom stereocenters. The van der Waals surface area contributed by atoms with Crippen molar-refractivity contribution in [2.24, 2.45) is 5.73 Å². The van der Waals surface area contributed by atoms with Gasteiger partial charge in [-0.15, -0.1) is 0 Å². The number of ether oxygens (including phenoxy) is 1. The van der Waals surface area contributed by atoms with Gasteiger partial charge in [-0.25, -0.2) is 4.39 Å². The first-order valence-corrected chi connectivity index (χ1v) is 6.22. The summed E-state index contributed by atoms with van der Waals surface area (Å²) in [7, 11) is 0. The van der Waals surface area contributed by atoms with Crippen molar-refractivity contribution in [3.05, 3.63) is 29.1 Å². The van der Waals surface area contributed by atoms with Gasteiger partial charge in [0.1, 0.15) is 11.9 Å². The summed E-state index contributed by atoms with van der Waals surface area (Å²) in [4.78, 5) is 23.1. The Morgan fingerprint density at radius 2 is 2.25 bits per heavy atom. The van der Waals surface area contributed by atoms with Crippen molar-refractivity contribution in [2.75, 3.05) is 25.0 Å². The monoisotopic (exact) mass is 281 g/mol. The minimum Gasteiger partial charge on any atom is -0.366 e. The van der Waals surface area contributed by atoms with E-state index in [4.69, 9.17) is 10.5 Å². The molecule has 0 aromatic heterocycles. The average Bonchev–Trinajstić information content (AvgIpc) is 2.44. The molecule has 1 aromatic carbocycles. The zero-order valence-electron chi connectivity index (χ0n) is 11.0. The van der Waals surface area contributed by atoms with Crippen molar-refractivity contribution in [1.82, 2.24) is 5.32 Å². The number of nitrogens with two attached hydrogens (primary N) is 1. The van der Waals surface area contributed by atoms with Gasteiger partial charge < -0.3 is 21.1 Å². The first-order chi connectivity index (χ1) is 9.49. The molecule has 0 radical (unpaired) electrons. The Hall–Kier alpha value is -1.99. The van der Waals surface area contributed by atoms with Crippen LogP contribution in [0.5, 0.6) is 0 Å². The topological polar surface area (TPSA) is 93.5 Å². The third kappa shape index (κ3) is 3.12. The number of carbonyl (C=O) groups is 2.